The first-order valence-corrected chi connectivity index (χ1v) is 5.09. The maximum absolute atomic E-state index is 9.21. The van der Waals surface area contributed by atoms with Gasteiger partial charge in [-0.2, -0.15) is 0 Å². The van der Waals surface area contributed by atoms with Crippen molar-refractivity contribution in [1.29, 1.82) is 0 Å². The van der Waals surface area contributed by atoms with Crippen molar-refractivity contribution in [2.75, 3.05) is 11.9 Å². The molecule has 0 spiro atoms. The average Bonchev–Trinajstić information content (AvgIpc) is 2.67. The van der Waals surface area contributed by atoms with Crippen LogP contribution in [0.5, 0.6) is 0 Å². The zero-order valence-electron chi connectivity index (χ0n) is 8.22. The zero-order valence-corrected chi connectivity index (χ0v) is 8.22. The minimum absolute atomic E-state index is 0.0203. The van der Waals surface area contributed by atoms with Crippen molar-refractivity contribution in [3.63, 3.8) is 0 Å². The van der Waals surface area contributed by atoms with Crippen LogP contribution in [0.1, 0.15) is 11.5 Å². The smallest absolute Gasteiger partial charge is 0.0835 e. The number of nitrogens with zero attached hydrogens (tertiary/aromatic N) is 1. The number of aliphatic hydroxyl groups excluding tert-OH is 1. The van der Waals surface area contributed by atoms with E-state index in [0.717, 1.165) is 11.4 Å². The van der Waals surface area contributed by atoms with Crippen molar-refractivity contribution < 1.29 is 5.11 Å². The van der Waals surface area contributed by atoms with E-state index in [4.69, 9.17) is 0 Å². The van der Waals surface area contributed by atoms with Gasteiger partial charge in [-0.15, -0.1) is 0 Å². The molecule has 0 bridgehead atoms. The molecule has 0 aromatic heterocycles. The number of hydrogen-bond acceptors (Lipinski definition) is 3. The summed E-state index contributed by atoms with van der Waals surface area (Å²) in [5.74, 6) is 0.320. The second-order valence-corrected chi connectivity index (χ2v) is 3.86. The molecule has 15 heavy (non-hydrogen) atoms. The summed E-state index contributed by atoms with van der Waals surface area (Å²) >= 11 is 0. The number of rotatable bonds is 1. The molecule has 2 aliphatic rings. The molecule has 3 rings (SSSR count). The molecule has 2 N–H and O–H groups in total. The van der Waals surface area contributed by atoms with Gasteiger partial charge in [0.15, 0.2) is 0 Å². The first-order valence-electron chi connectivity index (χ1n) is 5.09. The molecule has 3 heteroatoms. The van der Waals surface area contributed by atoms with Crippen molar-refractivity contribution in [3.8, 4) is 0 Å². The van der Waals surface area contributed by atoms with Crippen LogP contribution in [-0.4, -0.2) is 23.5 Å². The third-order valence-corrected chi connectivity index (χ3v) is 3.04. The highest BCUT2D eigenvalue weighted by molar-refractivity contribution is 5.97. The Labute approximate surface area is 88.2 Å². The molecule has 2 unspecified atom stereocenters. The van der Waals surface area contributed by atoms with E-state index in [9.17, 15) is 5.11 Å². The molecule has 76 valence electrons. The van der Waals surface area contributed by atoms with Crippen LogP contribution in [0.25, 0.3) is 0 Å². The molecule has 2 aliphatic heterocycles. The first kappa shape index (κ1) is 8.68. The van der Waals surface area contributed by atoms with Gasteiger partial charge < -0.3 is 10.4 Å². The summed E-state index contributed by atoms with van der Waals surface area (Å²) < 4.78 is 0. The third-order valence-electron chi connectivity index (χ3n) is 3.04. The van der Waals surface area contributed by atoms with Gasteiger partial charge in [-0.05, 0) is 11.6 Å². The van der Waals surface area contributed by atoms with Gasteiger partial charge in [-0.25, -0.2) is 0 Å². The summed E-state index contributed by atoms with van der Waals surface area (Å²) in [6.07, 6.45) is 3.87. The van der Waals surface area contributed by atoms with Crippen LogP contribution in [0.2, 0.25) is 0 Å². The van der Waals surface area contributed by atoms with Gasteiger partial charge in [-0.3, -0.25) is 4.99 Å². The lowest BCUT2D eigenvalue weighted by atomic mass is 9.91. The highest BCUT2D eigenvalue weighted by Gasteiger charge is 2.34. The Hall–Kier alpha value is -1.61. The van der Waals surface area contributed by atoms with Gasteiger partial charge in [0.05, 0.1) is 18.4 Å². The largest absolute Gasteiger partial charge is 0.390 e. The highest BCUT2D eigenvalue weighted by atomic mass is 16.3. The topological polar surface area (TPSA) is 44.6 Å². The Morgan fingerprint density at radius 3 is 3.07 bits per heavy atom. The summed E-state index contributed by atoms with van der Waals surface area (Å²) in [6, 6.07) is 8.38. The first-order chi connectivity index (χ1) is 7.40. The van der Waals surface area contributed by atoms with Crippen molar-refractivity contribution in [2.24, 2.45) is 4.99 Å². The monoisotopic (exact) mass is 200 g/mol. The average molecular weight is 200 g/mol. The number of benzene rings is 1. The molecule has 0 radical (unpaired) electrons. The number of hydrogen-bond donors (Lipinski definition) is 2. The zero-order chi connectivity index (χ0) is 10.3. The quantitative estimate of drug-likeness (QED) is 0.722. The fourth-order valence-corrected chi connectivity index (χ4v) is 2.31. The normalized spacial score (nSPS) is 26.6. The molecule has 0 saturated carbocycles. The number of aliphatic hydroxyl groups is 1. The molecule has 0 saturated heterocycles. The second-order valence-electron chi connectivity index (χ2n) is 3.86. The Kier molecular flexibility index (Phi) is 1.86. The molecule has 2 atom stereocenters. The fraction of sp³-hybridized carbons (Fsp3) is 0.250. The molecule has 3 nitrogen and oxygen atoms in total. The Bertz CT molecular complexity index is 451. The molecule has 0 amide bonds. The fourth-order valence-electron chi connectivity index (χ4n) is 2.31. The Balaban J connectivity index is 2.05. The van der Waals surface area contributed by atoms with E-state index in [1.165, 1.54) is 5.56 Å². The summed E-state index contributed by atoms with van der Waals surface area (Å²) in [5.41, 5.74) is 3.26. The van der Waals surface area contributed by atoms with E-state index < -0.39 is 0 Å². The van der Waals surface area contributed by atoms with Crippen molar-refractivity contribution in [2.45, 2.75) is 12.0 Å². The number of para-hydroxylation sites is 1. The van der Waals surface area contributed by atoms with Gasteiger partial charge in [0.1, 0.15) is 0 Å². The maximum Gasteiger partial charge on any atom is 0.0835 e. The van der Waals surface area contributed by atoms with Crippen molar-refractivity contribution >= 4 is 11.4 Å². The molecule has 0 aliphatic carbocycles. The van der Waals surface area contributed by atoms with Crippen LogP contribution in [0.15, 0.2) is 41.5 Å². The number of anilines is 1. The predicted molar refractivity (Wildman–Crippen MR) is 60.3 cm³/mol. The summed E-state index contributed by atoms with van der Waals surface area (Å²) in [5, 5.41) is 12.6. The second kappa shape index (κ2) is 3.21. The summed E-state index contributed by atoms with van der Waals surface area (Å²) in [7, 11) is 0. The lowest BCUT2D eigenvalue weighted by molar-refractivity contribution is 0.353. The van der Waals surface area contributed by atoms with E-state index in [0.29, 0.717) is 5.92 Å². The van der Waals surface area contributed by atoms with Gasteiger partial charge >= 0.3 is 0 Å². The highest BCUT2D eigenvalue weighted by Crippen LogP contribution is 2.38. The van der Waals surface area contributed by atoms with Crippen LogP contribution in [-0.2, 0) is 0 Å². The maximum atomic E-state index is 9.21. The van der Waals surface area contributed by atoms with Crippen LogP contribution in [0.4, 0.5) is 5.69 Å². The molecular formula is C12H12N2O. The van der Waals surface area contributed by atoms with E-state index in [1.807, 2.05) is 12.1 Å². The van der Waals surface area contributed by atoms with E-state index in [-0.39, 0.29) is 12.6 Å². The number of aliphatic imine (C=N–C) groups is 1. The van der Waals surface area contributed by atoms with Crippen molar-refractivity contribution in [3.05, 3.63) is 42.1 Å². The van der Waals surface area contributed by atoms with E-state index >= 15 is 0 Å². The van der Waals surface area contributed by atoms with Crippen molar-refractivity contribution in [1.82, 2.24) is 0 Å². The van der Waals surface area contributed by atoms with Crippen LogP contribution in [0, 0.1) is 0 Å². The third kappa shape index (κ3) is 1.20. The van der Waals surface area contributed by atoms with E-state index in [2.05, 4.69) is 28.5 Å². The summed E-state index contributed by atoms with van der Waals surface area (Å²) in [4.78, 5) is 4.20. The lowest BCUT2D eigenvalue weighted by Crippen LogP contribution is -2.33. The van der Waals surface area contributed by atoms with Gasteiger partial charge in [0.25, 0.3) is 0 Å². The molecule has 1 aromatic carbocycles. The standard InChI is InChI=1S/C12H12N2O/c15-7-11-12-9(5-6-13-11)8-3-1-2-4-10(8)14-12/h1-6,9,12,14-15H,7H2. The predicted octanol–water partition coefficient (Wildman–Crippen LogP) is 1.52. The van der Waals surface area contributed by atoms with E-state index in [1.54, 1.807) is 6.20 Å². The van der Waals surface area contributed by atoms with Gasteiger partial charge in [-0.1, -0.05) is 24.3 Å². The van der Waals surface area contributed by atoms with Gasteiger partial charge in [0, 0.05) is 17.8 Å². The van der Waals surface area contributed by atoms with Gasteiger partial charge in [0.2, 0.25) is 0 Å². The molecule has 2 heterocycles. The number of nitrogens with one attached hydrogen (secondary N) is 1. The minimum atomic E-state index is 0.0203. The molecule has 1 aromatic rings. The minimum Gasteiger partial charge on any atom is -0.390 e. The molecule has 0 fully saturated rings. The lowest BCUT2D eigenvalue weighted by Gasteiger charge is -2.21. The number of fused-ring (bicyclic) bond motifs is 3. The Morgan fingerprint density at radius 2 is 2.20 bits per heavy atom. The SMILES string of the molecule is OCC1=NC=CC2c3ccccc3NC12. The van der Waals surface area contributed by atoms with Crippen LogP contribution >= 0.6 is 0 Å². The Morgan fingerprint density at radius 1 is 1.33 bits per heavy atom. The summed E-state index contributed by atoms with van der Waals surface area (Å²) in [6.45, 7) is 0.0203. The van der Waals surface area contributed by atoms with Crippen LogP contribution in [0.3, 0.4) is 0 Å². The van der Waals surface area contributed by atoms with Crippen LogP contribution < -0.4 is 5.32 Å². The molecular weight excluding hydrogens is 188 g/mol.